The summed E-state index contributed by atoms with van der Waals surface area (Å²) >= 11 is 1.64. The van der Waals surface area contributed by atoms with Gasteiger partial charge in [0.1, 0.15) is 0 Å². The summed E-state index contributed by atoms with van der Waals surface area (Å²) in [5.74, 6) is 0.0146. The Balaban J connectivity index is 2.44. The molecular weight excluding hydrogens is 184 g/mol. The van der Waals surface area contributed by atoms with E-state index in [2.05, 4.69) is 10.3 Å². The lowest BCUT2D eigenvalue weighted by Crippen LogP contribution is -2.31. The van der Waals surface area contributed by atoms with Gasteiger partial charge < -0.3 is 5.32 Å². The van der Waals surface area contributed by atoms with Crippen molar-refractivity contribution in [2.75, 3.05) is 0 Å². The molecule has 1 rings (SSSR count). The van der Waals surface area contributed by atoms with Gasteiger partial charge in [0.05, 0.1) is 5.01 Å². The molecule has 1 atom stereocenters. The lowest BCUT2D eigenvalue weighted by atomic mass is 10.2. The molecule has 1 aromatic rings. The monoisotopic (exact) mass is 198 g/mol. The van der Waals surface area contributed by atoms with Gasteiger partial charge in [-0.15, -0.1) is 11.3 Å². The van der Waals surface area contributed by atoms with Gasteiger partial charge in [0, 0.05) is 30.5 Å². The zero-order valence-electron chi connectivity index (χ0n) is 8.13. The molecule has 0 aliphatic heterocycles. The molecule has 4 heteroatoms. The fraction of sp³-hybridized carbons (Fsp3) is 0.556. The third kappa shape index (κ3) is 3.55. The van der Waals surface area contributed by atoms with Gasteiger partial charge in [0.25, 0.3) is 0 Å². The molecule has 3 nitrogen and oxygen atoms in total. The molecule has 0 aliphatic carbocycles. The maximum atomic E-state index is 10.7. The average molecular weight is 198 g/mol. The summed E-state index contributed by atoms with van der Waals surface area (Å²) in [6.45, 7) is 5.49. The fourth-order valence-electron chi connectivity index (χ4n) is 1.16. The van der Waals surface area contributed by atoms with E-state index in [0.29, 0.717) is 0 Å². The number of rotatable bonds is 3. The Morgan fingerprint density at radius 2 is 2.46 bits per heavy atom. The first kappa shape index (κ1) is 10.2. The van der Waals surface area contributed by atoms with Crippen molar-refractivity contribution >= 4 is 17.2 Å². The Morgan fingerprint density at radius 3 is 2.92 bits per heavy atom. The van der Waals surface area contributed by atoms with Crippen LogP contribution in [0.25, 0.3) is 0 Å². The van der Waals surface area contributed by atoms with Crippen LogP contribution >= 0.6 is 11.3 Å². The number of aromatic nitrogens is 1. The van der Waals surface area contributed by atoms with E-state index in [1.54, 1.807) is 11.3 Å². The van der Waals surface area contributed by atoms with Crippen LogP contribution < -0.4 is 5.32 Å². The van der Waals surface area contributed by atoms with E-state index in [1.165, 1.54) is 6.92 Å². The summed E-state index contributed by atoms with van der Waals surface area (Å²) in [5.41, 5.74) is 1.05. The van der Waals surface area contributed by atoms with Crippen molar-refractivity contribution < 1.29 is 4.79 Å². The van der Waals surface area contributed by atoms with Crippen molar-refractivity contribution in [2.45, 2.75) is 33.2 Å². The number of carbonyl (C=O) groups is 1. The molecular formula is C9H14N2OS. The molecule has 1 amide bonds. The summed E-state index contributed by atoms with van der Waals surface area (Å²) in [5, 5.41) is 5.93. The number of nitrogens with one attached hydrogen (secondary N) is 1. The molecule has 0 fully saturated rings. The second kappa shape index (κ2) is 4.37. The first-order valence-electron chi connectivity index (χ1n) is 4.26. The summed E-state index contributed by atoms with van der Waals surface area (Å²) < 4.78 is 0. The van der Waals surface area contributed by atoms with Crippen molar-refractivity contribution in [3.63, 3.8) is 0 Å². The maximum Gasteiger partial charge on any atom is 0.217 e. The van der Waals surface area contributed by atoms with Crippen molar-refractivity contribution in [1.29, 1.82) is 0 Å². The SMILES string of the molecule is CC(=O)NC(C)Cc1nc(C)cs1. The number of amides is 1. The molecule has 72 valence electrons. The highest BCUT2D eigenvalue weighted by molar-refractivity contribution is 7.09. The minimum Gasteiger partial charge on any atom is -0.353 e. The highest BCUT2D eigenvalue weighted by Gasteiger charge is 2.06. The third-order valence-corrected chi connectivity index (χ3v) is 2.59. The smallest absolute Gasteiger partial charge is 0.217 e. The van der Waals surface area contributed by atoms with Gasteiger partial charge in [-0.2, -0.15) is 0 Å². The maximum absolute atomic E-state index is 10.7. The predicted molar refractivity (Wildman–Crippen MR) is 53.8 cm³/mol. The predicted octanol–water partition coefficient (Wildman–Crippen LogP) is 1.52. The van der Waals surface area contributed by atoms with E-state index in [-0.39, 0.29) is 11.9 Å². The van der Waals surface area contributed by atoms with Crippen LogP contribution in [-0.4, -0.2) is 16.9 Å². The number of nitrogens with zero attached hydrogens (tertiary/aromatic N) is 1. The molecule has 0 bridgehead atoms. The summed E-state index contributed by atoms with van der Waals surface area (Å²) in [6, 6.07) is 0.169. The minimum atomic E-state index is 0.0146. The van der Waals surface area contributed by atoms with Crippen LogP contribution in [0.15, 0.2) is 5.38 Å². The topological polar surface area (TPSA) is 42.0 Å². The zero-order chi connectivity index (χ0) is 9.84. The number of carbonyl (C=O) groups excluding carboxylic acids is 1. The van der Waals surface area contributed by atoms with Gasteiger partial charge in [-0.1, -0.05) is 0 Å². The fourth-order valence-corrected chi connectivity index (χ4v) is 2.06. The van der Waals surface area contributed by atoms with Crippen molar-refractivity contribution in [2.24, 2.45) is 0 Å². The average Bonchev–Trinajstić information content (AvgIpc) is 2.33. The van der Waals surface area contributed by atoms with Crippen LogP contribution in [-0.2, 0) is 11.2 Å². The number of aryl methyl sites for hydroxylation is 1. The quantitative estimate of drug-likeness (QED) is 0.800. The van der Waals surface area contributed by atoms with Gasteiger partial charge >= 0.3 is 0 Å². The zero-order valence-corrected chi connectivity index (χ0v) is 8.94. The number of hydrogen-bond donors (Lipinski definition) is 1. The van der Waals surface area contributed by atoms with E-state index in [4.69, 9.17) is 0 Å². The van der Waals surface area contributed by atoms with Gasteiger partial charge in [0.15, 0.2) is 0 Å². The molecule has 0 spiro atoms. The molecule has 0 radical (unpaired) electrons. The minimum absolute atomic E-state index is 0.0146. The van der Waals surface area contributed by atoms with Gasteiger partial charge in [-0.3, -0.25) is 4.79 Å². The standard InChI is InChI=1S/C9H14N2OS/c1-6(10-8(3)12)4-9-11-7(2)5-13-9/h5-6H,4H2,1-3H3,(H,10,12). The second-order valence-corrected chi connectivity index (χ2v) is 4.13. The van der Waals surface area contributed by atoms with Crippen LogP contribution in [0.4, 0.5) is 0 Å². The van der Waals surface area contributed by atoms with Crippen LogP contribution in [0.1, 0.15) is 24.5 Å². The largest absolute Gasteiger partial charge is 0.353 e. The van der Waals surface area contributed by atoms with Gasteiger partial charge in [0.2, 0.25) is 5.91 Å². The first-order valence-corrected chi connectivity index (χ1v) is 5.14. The van der Waals surface area contributed by atoms with E-state index in [0.717, 1.165) is 17.1 Å². The number of thiazole rings is 1. The van der Waals surface area contributed by atoms with Crippen LogP contribution in [0.2, 0.25) is 0 Å². The normalized spacial score (nSPS) is 12.5. The van der Waals surface area contributed by atoms with E-state index >= 15 is 0 Å². The number of hydrogen-bond acceptors (Lipinski definition) is 3. The third-order valence-electron chi connectivity index (χ3n) is 1.60. The molecule has 1 aromatic heterocycles. The van der Waals surface area contributed by atoms with E-state index in [9.17, 15) is 4.79 Å². The van der Waals surface area contributed by atoms with Gasteiger partial charge in [-0.25, -0.2) is 4.98 Å². The lowest BCUT2D eigenvalue weighted by Gasteiger charge is -2.09. The van der Waals surface area contributed by atoms with Crippen LogP contribution in [0, 0.1) is 6.92 Å². The van der Waals surface area contributed by atoms with E-state index < -0.39 is 0 Å². The summed E-state index contributed by atoms with van der Waals surface area (Å²) in [4.78, 5) is 15.0. The van der Waals surface area contributed by atoms with Crippen molar-refractivity contribution in [3.05, 3.63) is 16.1 Å². The van der Waals surface area contributed by atoms with Gasteiger partial charge in [-0.05, 0) is 13.8 Å². The van der Waals surface area contributed by atoms with Crippen LogP contribution in [0.5, 0.6) is 0 Å². The summed E-state index contributed by atoms with van der Waals surface area (Å²) in [7, 11) is 0. The van der Waals surface area contributed by atoms with E-state index in [1.807, 2.05) is 19.2 Å². The van der Waals surface area contributed by atoms with Crippen LogP contribution in [0.3, 0.4) is 0 Å². The molecule has 1 unspecified atom stereocenters. The molecule has 0 aromatic carbocycles. The Labute approximate surface area is 82.2 Å². The Hall–Kier alpha value is -0.900. The highest BCUT2D eigenvalue weighted by Crippen LogP contribution is 2.10. The Kier molecular flexibility index (Phi) is 3.42. The molecule has 0 saturated carbocycles. The molecule has 0 saturated heterocycles. The van der Waals surface area contributed by atoms with Crippen molar-refractivity contribution in [1.82, 2.24) is 10.3 Å². The Morgan fingerprint density at radius 1 is 1.77 bits per heavy atom. The second-order valence-electron chi connectivity index (χ2n) is 3.19. The first-order chi connectivity index (χ1) is 6.08. The molecule has 1 heterocycles. The van der Waals surface area contributed by atoms with Crippen molar-refractivity contribution in [3.8, 4) is 0 Å². The molecule has 0 aliphatic rings. The Bertz CT molecular complexity index is 296. The molecule has 1 N–H and O–H groups in total. The lowest BCUT2D eigenvalue weighted by molar-refractivity contribution is -0.119. The highest BCUT2D eigenvalue weighted by atomic mass is 32.1. The molecule has 13 heavy (non-hydrogen) atoms. The summed E-state index contributed by atoms with van der Waals surface area (Å²) in [6.07, 6.45) is 0.818.